The summed E-state index contributed by atoms with van der Waals surface area (Å²) < 4.78 is 15.9. The minimum absolute atomic E-state index is 0.00713. The number of aromatic amines is 1. The molecule has 30 heavy (non-hydrogen) atoms. The number of carbonyl (C=O) groups is 3. The van der Waals surface area contributed by atoms with Gasteiger partial charge in [0.25, 0.3) is 11.7 Å². The molecule has 1 aromatic heterocycles. The summed E-state index contributed by atoms with van der Waals surface area (Å²) in [5, 5.41) is 9.07. The van der Waals surface area contributed by atoms with Gasteiger partial charge < -0.3 is 29.2 Å². The predicted octanol–water partition coefficient (Wildman–Crippen LogP) is 1.82. The number of nitrogens with one attached hydrogen (secondary N) is 1. The van der Waals surface area contributed by atoms with E-state index >= 15 is 0 Å². The number of aliphatic hydroxyl groups excluding tert-OH is 1. The zero-order chi connectivity index (χ0) is 22.4. The van der Waals surface area contributed by atoms with Crippen molar-refractivity contribution in [1.29, 1.82) is 0 Å². The molecule has 1 amide bonds. The third-order valence-electron chi connectivity index (χ3n) is 4.55. The topological polar surface area (TPSA) is 118 Å². The second-order valence-electron chi connectivity index (χ2n) is 6.44. The van der Waals surface area contributed by atoms with E-state index in [9.17, 15) is 14.4 Å². The van der Waals surface area contributed by atoms with Gasteiger partial charge in [0, 0.05) is 30.4 Å². The highest BCUT2D eigenvalue weighted by Gasteiger charge is 2.32. The third kappa shape index (κ3) is 4.46. The van der Waals surface area contributed by atoms with Crippen molar-refractivity contribution in [2.24, 2.45) is 0 Å². The van der Waals surface area contributed by atoms with Gasteiger partial charge in [-0.1, -0.05) is 0 Å². The first-order valence-corrected chi connectivity index (χ1v) is 9.33. The predicted molar refractivity (Wildman–Crippen MR) is 109 cm³/mol. The van der Waals surface area contributed by atoms with Crippen LogP contribution in [-0.4, -0.2) is 73.7 Å². The first-order chi connectivity index (χ1) is 14.3. The van der Waals surface area contributed by atoms with Crippen LogP contribution in [0.25, 0.3) is 11.1 Å². The number of hydrogen-bond acceptors (Lipinski definition) is 7. The minimum Gasteiger partial charge on any atom is -0.497 e. The highest BCUT2D eigenvalue weighted by atomic mass is 16.5. The highest BCUT2D eigenvalue weighted by Crippen LogP contribution is 2.39. The zero-order valence-corrected chi connectivity index (χ0v) is 17.7. The number of hydrogen-bond donors (Lipinski definition) is 2. The number of aromatic nitrogens is 1. The minimum atomic E-state index is -0.857. The van der Waals surface area contributed by atoms with Gasteiger partial charge in [0.2, 0.25) is 0 Å². The smallest absolute Gasteiger partial charge is 0.340 e. The van der Waals surface area contributed by atoms with Crippen LogP contribution in [-0.2, 0) is 9.53 Å². The Hall–Kier alpha value is -3.33. The molecule has 0 fully saturated rings. The second kappa shape index (κ2) is 9.93. The van der Waals surface area contributed by atoms with Gasteiger partial charge in [0.05, 0.1) is 33.0 Å². The van der Waals surface area contributed by atoms with Gasteiger partial charge in [0.15, 0.2) is 0 Å². The van der Waals surface area contributed by atoms with Crippen LogP contribution < -0.4 is 9.47 Å². The lowest BCUT2D eigenvalue weighted by molar-refractivity contribution is -0.125. The van der Waals surface area contributed by atoms with E-state index in [4.69, 9.17) is 19.3 Å². The summed E-state index contributed by atoms with van der Waals surface area (Å²) in [5.41, 5.74) is 1.01. The average molecular weight is 418 g/mol. The number of esters is 1. The molecule has 0 aliphatic heterocycles. The Morgan fingerprint density at radius 3 is 2.43 bits per heavy atom. The van der Waals surface area contributed by atoms with Crippen LogP contribution in [0.15, 0.2) is 18.2 Å². The molecule has 0 bridgehead atoms. The van der Waals surface area contributed by atoms with E-state index in [1.54, 1.807) is 32.0 Å². The standard InChI is InChI=1S/C21H26N2O7/c1-6-30-21(27)16-12(2)22-18(19(25)20(26)23(3)9-10-24)17(16)14-11-13(28-4)7-8-15(14)29-5/h7-8,11,22,24H,6,9-10H2,1-5H3. The Kier molecular flexibility index (Phi) is 7.60. The van der Waals surface area contributed by atoms with Crippen molar-refractivity contribution in [2.45, 2.75) is 13.8 Å². The molecule has 0 radical (unpaired) electrons. The normalized spacial score (nSPS) is 10.5. The van der Waals surface area contributed by atoms with Gasteiger partial charge >= 0.3 is 5.97 Å². The largest absolute Gasteiger partial charge is 0.497 e. The lowest BCUT2D eigenvalue weighted by Crippen LogP contribution is -2.35. The molecule has 0 spiro atoms. The number of benzene rings is 1. The molecule has 0 atom stereocenters. The van der Waals surface area contributed by atoms with Crippen LogP contribution in [0.1, 0.15) is 33.5 Å². The summed E-state index contributed by atoms with van der Waals surface area (Å²) in [4.78, 5) is 42.3. The summed E-state index contributed by atoms with van der Waals surface area (Å²) in [6.07, 6.45) is 0. The average Bonchev–Trinajstić information content (AvgIpc) is 3.09. The molecular weight excluding hydrogens is 392 g/mol. The molecule has 2 aromatic rings. The van der Waals surface area contributed by atoms with Crippen LogP contribution in [0, 0.1) is 6.92 Å². The van der Waals surface area contributed by atoms with Gasteiger partial charge in [-0.2, -0.15) is 0 Å². The van der Waals surface area contributed by atoms with Gasteiger partial charge in [-0.3, -0.25) is 9.59 Å². The Labute approximate surface area is 174 Å². The maximum atomic E-state index is 13.0. The first kappa shape index (κ1) is 23.0. The van der Waals surface area contributed by atoms with Gasteiger partial charge in [-0.15, -0.1) is 0 Å². The monoisotopic (exact) mass is 418 g/mol. The van der Waals surface area contributed by atoms with Gasteiger partial charge in [-0.05, 0) is 32.0 Å². The van der Waals surface area contributed by atoms with E-state index in [1.807, 2.05) is 0 Å². The SMILES string of the molecule is CCOC(=O)c1c(C)[nH]c(C(=O)C(=O)N(C)CCO)c1-c1cc(OC)ccc1OC. The molecule has 0 aliphatic rings. The van der Waals surface area contributed by atoms with Crippen LogP contribution in [0.3, 0.4) is 0 Å². The van der Waals surface area contributed by atoms with Crippen LogP contribution in [0.2, 0.25) is 0 Å². The molecule has 2 N–H and O–H groups in total. The molecule has 0 unspecified atom stereocenters. The quantitative estimate of drug-likeness (QED) is 0.362. The number of aryl methyl sites for hydroxylation is 1. The number of nitrogens with zero attached hydrogens (tertiary/aromatic N) is 1. The maximum Gasteiger partial charge on any atom is 0.340 e. The van der Waals surface area contributed by atoms with E-state index in [0.717, 1.165) is 4.90 Å². The lowest BCUT2D eigenvalue weighted by Gasteiger charge is -2.16. The van der Waals surface area contributed by atoms with Crippen LogP contribution in [0.4, 0.5) is 0 Å². The van der Waals surface area contributed by atoms with Crippen molar-refractivity contribution in [3.8, 4) is 22.6 Å². The van der Waals surface area contributed by atoms with Crippen molar-refractivity contribution in [2.75, 3.05) is 41.0 Å². The molecule has 9 nitrogen and oxygen atoms in total. The molecule has 0 aliphatic carbocycles. The Bertz CT molecular complexity index is 949. The van der Waals surface area contributed by atoms with E-state index in [1.165, 1.54) is 21.3 Å². The Morgan fingerprint density at radius 1 is 1.17 bits per heavy atom. The molecule has 0 saturated heterocycles. The number of aliphatic hydroxyl groups is 1. The fraction of sp³-hybridized carbons (Fsp3) is 0.381. The molecule has 0 saturated carbocycles. The summed E-state index contributed by atoms with van der Waals surface area (Å²) in [6, 6.07) is 4.93. The summed E-state index contributed by atoms with van der Waals surface area (Å²) in [7, 11) is 4.35. The van der Waals surface area contributed by atoms with E-state index in [-0.39, 0.29) is 36.6 Å². The van der Waals surface area contributed by atoms with Crippen LogP contribution >= 0.6 is 0 Å². The molecule has 1 aromatic carbocycles. The summed E-state index contributed by atoms with van der Waals surface area (Å²) >= 11 is 0. The van der Waals surface area contributed by atoms with Crippen molar-refractivity contribution >= 4 is 17.7 Å². The zero-order valence-electron chi connectivity index (χ0n) is 17.7. The number of ketones is 1. The second-order valence-corrected chi connectivity index (χ2v) is 6.44. The van der Waals surface area contributed by atoms with E-state index in [2.05, 4.69) is 4.98 Å². The highest BCUT2D eigenvalue weighted by molar-refractivity contribution is 6.43. The fourth-order valence-corrected chi connectivity index (χ4v) is 3.06. The van der Waals surface area contributed by atoms with Crippen molar-refractivity contribution in [3.05, 3.63) is 35.2 Å². The first-order valence-electron chi connectivity index (χ1n) is 9.33. The van der Waals surface area contributed by atoms with Crippen molar-refractivity contribution < 1.29 is 33.7 Å². The van der Waals surface area contributed by atoms with E-state index < -0.39 is 17.7 Å². The third-order valence-corrected chi connectivity index (χ3v) is 4.55. The number of likely N-dealkylation sites (N-methyl/N-ethyl adjacent to an activating group) is 1. The molecule has 1 heterocycles. The number of Topliss-reactive ketones (excluding diaryl/α,β-unsaturated/α-hetero) is 1. The number of ether oxygens (including phenoxy) is 3. The fourth-order valence-electron chi connectivity index (χ4n) is 3.06. The number of amides is 1. The van der Waals surface area contributed by atoms with E-state index in [0.29, 0.717) is 22.8 Å². The van der Waals surface area contributed by atoms with Gasteiger partial charge in [0.1, 0.15) is 17.2 Å². The summed E-state index contributed by atoms with van der Waals surface area (Å²) in [6.45, 7) is 3.13. The van der Waals surface area contributed by atoms with Crippen molar-refractivity contribution in [1.82, 2.24) is 9.88 Å². The number of H-pyrrole nitrogens is 1. The molecule has 9 heteroatoms. The maximum absolute atomic E-state index is 13.0. The number of carbonyl (C=O) groups excluding carboxylic acids is 3. The number of methoxy groups -OCH3 is 2. The Morgan fingerprint density at radius 2 is 1.87 bits per heavy atom. The van der Waals surface area contributed by atoms with Crippen LogP contribution in [0.5, 0.6) is 11.5 Å². The van der Waals surface area contributed by atoms with Crippen molar-refractivity contribution in [3.63, 3.8) is 0 Å². The van der Waals surface area contributed by atoms with Gasteiger partial charge in [-0.25, -0.2) is 4.79 Å². The summed E-state index contributed by atoms with van der Waals surface area (Å²) in [5.74, 6) is -1.47. The lowest BCUT2D eigenvalue weighted by atomic mass is 9.97. The number of rotatable bonds is 9. The molecule has 162 valence electrons. The molecule has 2 rings (SSSR count). The Balaban J connectivity index is 2.78. The molecular formula is C21H26N2O7.